The van der Waals surface area contributed by atoms with Gasteiger partial charge in [-0.2, -0.15) is 0 Å². The van der Waals surface area contributed by atoms with Gasteiger partial charge in [0, 0.05) is 25.7 Å². The zero-order valence-corrected chi connectivity index (χ0v) is 28.8. The highest BCUT2D eigenvalue weighted by Gasteiger charge is 2.45. The highest BCUT2D eigenvalue weighted by Crippen LogP contribution is 2.33. The molecule has 6 aliphatic heterocycles. The molecule has 0 radical (unpaired) electrons. The molecule has 6 aliphatic rings. The molecule has 0 atom stereocenters. The number of rotatable bonds is 10. The van der Waals surface area contributed by atoms with E-state index in [1.54, 1.807) is 0 Å². The Morgan fingerprint density at radius 2 is 0.796 bits per heavy atom. The summed E-state index contributed by atoms with van der Waals surface area (Å²) in [5, 5.41) is 18.2. The third kappa shape index (κ3) is 11.9. The van der Waals surface area contributed by atoms with Crippen molar-refractivity contribution in [3.63, 3.8) is 0 Å². The van der Waals surface area contributed by atoms with E-state index in [-0.39, 0.29) is 104 Å². The molecule has 0 aromatic carbocycles. The molecule has 2 spiro atoms. The van der Waals surface area contributed by atoms with E-state index in [1.165, 1.54) is 0 Å². The summed E-state index contributed by atoms with van der Waals surface area (Å²) < 4.78 is 59.0. The highest BCUT2D eigenvalue weighted by atomic mass is 19.1. The summed E-state index contributed by atoms with van der Waals surface area (Å²) in [6.07, 6.45) is -4.43. The van der Waals surface area contributed by atoms with Crippen molar-refractivity contribution in [2.75, 3.05) is 60.0 Å². The number of aliphatic carboxylic acids is 2. The molecule has 0 aromatic heterocycles. The number of hydrogen-bond donors (Lipinski definition) is 2. The second kappa shape index (κ2) is 19.4. The standard InChI is InChI=1S/C19H22N2O12.C11H16O8.CH3F/c22-11-1-2-12(23)20(11)32-15(26)5-17-28-7-19(8-29-17)9-30-18(31-10-19)6-16(27)33-21-13(24)3-4-14(21)25;12-7(13)1-9-16-3-11(4-17-9)5-18-10(19-6-11)2-8(14)15;1-2/h17-18H,1-10H2;9-10H,1-6H2,(H,12,13)(H,14,15);1H3/i;;1D. The summed E-state index contributed by atoms with van der Waals surface area (Å²) in [6, 6.07) is 0. The smallest absolute Gasteiger partial charge is 0.338 e. The van der Waals surface area contributed by atoms with Crippen molar-refractivity contribution in [1.82, 2.24) is 10.1 Å². The van der Waals surface area contributed by atoms with Crippen LogP contribution in [0.1, 0.15) is 52.7 Å². The molecular weight excluding hydrogens is 739 g/mol. The van der Waals surface area contributed by atoms with Gasteiger partial charge in [-0.1, -0.05) is 0 Å². The van der Waals surface area contributed by atoms with Crippen LogP contribution in [0.4, 0.5) is 4.39 Å². The molecule has 6 heterocycles. The SMILES string of the molecule is O=C(CC1OCC2(CO1)COC(CC(=O)ON1C(=O)CCC1=O)OC2)ON1C(=O)CCC1=O.O=C(O)CC1OCC2(CO1)COC(CC(=O)O)OC2.[2H]CF. The van der Waals surface area contributed by atoms with Crippen molar-refractivity contribution in [3.8, 4) is 0 Å². The highest BCUT2D eigenvalue weighted by molar-refractivity contribution is 6.02. The van der Waals surface area contributed by atoms with Gasteiger partial charge in [-0.15, -0.1) is 10.1 Å². The minimum atomic E-state index is -1.00. The lowest BCUT2D eigenvalue weighted by Crippen LogP contribution is -2.53. The van der Waals surface area contributed by atoms with Gasteiger partial charge in [0.05, 0.1) is 97.9 Å². The lowest BCUT2D eigenvalue weighted by molar-refractivity contribution is -0.304. The van der Waals surface area contributed by atoms with E-state index >= 15 is 0 Å². The summed E-state index contributed by atoms with van der Waals surface area (Å²) in [4.78, 5) is 101. The van der Waals surface area contributed by atoms with Gasteiger partial charge in [0.25, 0.3) is 23.6 Å². The molecule has 22 nitrogen and oxygen atoms in total. The van der Waals surface area contributed by atoms with Crippen LogP contribution in [-0.2, 0) is 85.9 Å². The van der Waals surface area contributed by atoms with Gasteiger partial charge in [-0.05, 0) is 0 Å². The van der Waals surface area contributed by atoms with Crippen molar-refractivity contribution in [1.29, 1.82) is 0 Å². The number of imide groups is 2. The minimum Gasteiger partial charge on any atom is -0.481 e. The molecule has 0 aromatic rings. The molecule has 54 heavy (non-hydrogen) atoms. The van der Waals surface area contributed by atoms with Crippen molar-refractivity contribution in [3.05, 3.63) is 0 Å². The van der Waals surface area contributed by atoms with E-state index < -0.39 is 90.6 Å². The molecule has 302 valence electrons. The largest absolute Gasteiger partial charge is 0.481 e. The molecule has 6 fully saturated rings. The number of carboxylic acids is 2. The predicted octanol–water partition coefficient (Wildman–Crippen LogP) is -1.03. The minimum absolute atomic E-state index is 0.00170. The topological polar surface area (TPSA) is 276 Å². The Morgan fingerprint density at radius 3 is 1.02 bits per heavy atom. The van der Waals surface area contributed by atoms with E-state index in [2.05, 4.69) is 0 Å². The number of alkyl halides is 1. The van der Waals surface area contributed by atoms with Gasteiger partial charge in [0.1, 0.15) is 0 Å². The number of halogens is 1. The van der Waals surface area contributed by atoms with E-state index in [0.717, 1.165) is 0 Å². The maximum Gasteiger partial charge on any atom is 0.338 e. The van der Waals surface area contributed by atoms with Crippen LogP contribution in [0, 0.1) is 10.8 Å². The first kappa shape index (κ1) is 40.9. The Kier molecular flexibility index (Phi) is 14.7. The number of hydrogen-bond acceptors (Lipinski definition) is 18. The van der Waals surface area contributed by atoms with Crippen molar-refractivity contribution in [2.24, 2.45) is 10.8 Å². The monoisotopic (exact) mass is 781 g/mol. The van der Waals surface area contributed by atoms with Crippen LogP contribution in [0.25, 0.3) is 0 Å². The van der Waals surface area contributed by atoms with Crippen molar-refractivity contribution >= 4 is 47.5 Å². The van der Waals surface area contributed by atoms with Crippen LogP contribution in [-0.4, -0.2) is 153 Å². The van der Waals surface area contributed by atoms with E-state index in [1.807, 2.05) is 0 Å². The quantitative estimate of drug-likeness (QED) is 0.251. The summed E-state index contributed by atoms with van der Waals surface area (Å²) >= 11 is 0. The van der Waals surface area contributed by atoms with Gasteiger partial charge < -0.3 is 57.8 Å². The summed E-state index contributed by atoms with van der Waals surface area (Å²) in [6.45, 7) is 1.58. The van der Waals surface area contributed by atoms with Gasteiger partial charge in [-0.3, -0.25) is 33.2 Å². The Balaban J connectivity index is 0.000000259. The number of ether oxygens (including phenoxy) is 8. The number of carbonyl (C=O) groups is 8. The fraction of sp³-hybridized carbons (Fsp3) is 0.742. The van der Waals surface area contributed by atoms with Crippen LogP contribution in [0.3, 0.4) is 0 Å². The van der Waals surface area contributed by atoms with Crippen molar-refractivity contribution < 1.29 is 102 Å². The van der Waals surface area contributed by atoms with Gasteiger partial charge in [0.2, 0.25) is 0 Å². The predicted molar refractivity (Wildman–Crippen MR) is 163 cm³/mol. The number of carboxylic acid groups (broad SMARTS) is 2. The average molecular weight is 782 g/mol. The molecule has 6 rings (SSSR count). The fourth-order valence-electron chi connectivity index (χ4n) is 5.47. The van der Waals surface area contributed by atoms with Crippen LogP contribution < -0.4 is 0 Å². The third-order valence-electron chi connectivity index (χ3n) is 8.35. The first-order valence-electron chi connectivity index (χ1n) is 17.2. The first-order valence-corrected chi connectivity index (χ1v) is 16.5. The van der Waals surface area contributed by atoms with E-state index in [4.69, 9.17) is 59.2 Å². The lowest BCUT2D eigenvalue weighted by Gasteiger charge is -2.43. The van der Waals surface area contributed by atoms with Crippen LogP contribution >= 0.6 is 0 Å². The number of nitrogens with zero attached hydrogens (tertiary/aromatic N) is 2. The van der Waals surface area contributed by atoms with Gasteiger partial charge >= 0.3 is 23.9 Å². The number of hydroxylamine groups is 4. The second-order valence-corrected chi connectivity index (χ2v) is 12.9. The molecule has 0 bridgehead atoms. The number of carbonyl (C=O) groups excluding carboxylic acids is 6. The molecular formula is C31H41FN2O20. The Hall–Kier alpha value is -4.23. The molecule has 0 aliphatic carbocycles. The van der Waals surface area contributed by atoms with Crippen molar-refractivity contribution in [2.45, 2.75) is 76.5 Å². The van der Waals surface area contributed by atoms with Crippen LogP contribution in [0.2, 0.25) is 0 Å². The molecule has 6 saturated heterocycles. The Labute approximate surface area is 307 Å². The third-order valence-corrected chi connectivity index (χ3v) is 8.35. The maximum atomic E-state index is 12.0. The summed E-state index contributed by atoms with van der Waals surface area (Å²) in [7, 11) is -1.00. The fourth-order valence-corrected chi connectivity index (χ4v) is 5.47. The molecule has 4 amide bonds. The molecule has 0 unspecified atom stereocenters. The average Bonchev–Trinajstić information content (AvgIpc) is 3.63. The maximum absolute atomic E-state index is 12.0. The van der Waals surface area contributed by atoms with Crippen LogP contribution in [0.15, 0.2) is 0 Å². The molecule has 0 saturated carbocycles. The van der Waals surface area contributed by atoms with Gasteiger partial charge in [0.15, 0.2) is 25.2 Å². The summed E-state index contributed by atoms with van der Waals surface area (Å²) in [5.74, 6) is -5.97. The zero-order chi connectivity index (χ0) is 40.2. The first-order chi connectivity index (χ1) is 26.1. The van der Waals surface area contributed by atoms with Gasteiger partial charge in [-0.25, -0.2) is 9.59 Å². The zero-order valence-electron chi connectivity index (χ0n) is 29.8. The van der Waals surface area contributed by atoms with E-state index in [0.29, 0.717) is 10.1 Å². The summed E-state index contributed by atoms with van der Waals surface area (Å²) in [5.41, 5.74) is -1.15. The molecule has 2 N–H and O–H groups in total. The Morgan fingerprint density at radius 1 is 0.574 bits per heavy atom. The van der Waals surface area contributed by atoms with Crippen LogP contribution in [0.5, 0.6) is 0 Å². The number of amides is 4. The van der Waals surface area contributed by atoms with E-state index in [9.17, 15) is 42.7 Å². The lowest BCUT2D eigenvalue weighted by atomic mass is 9.90. The Bertz CT molecular complexity index is 1270. The normalized spacial score (nSPS) is 31.2. The second-order valence-electron chi connectivity index (χ2n) is 12.9. The molecule has 23 heteroatoms.